The van der Waals surface area contributed by atoms with Crippen molar-refractivity contribution >= 4 is 22.5 Å². The average molecular weight is 354 g/mol. The zero-order valence-corrected chi connectivity index (χ0v) is 14.5. The molecule has 0 heterocycles. The minimum atomic E-state index is 0.0694. The number of rotatable bonds is 5. The summed E-state index contributed by atoms with van der Waals surface area (Å²) in [7, 11) is 0. The van der Waals surface area contributed by atoms with Gasteiger partial charge in [-0.05, 0) is 0 Å². The van der Waals surface area contributed by atoms with Crippen LogP contribution in [0, 0.1) is 0 Å². The van der Waals surface area contributed by atoms with E-state index in [-0.39, 0.29) is 19.8 Å². The predicted molar refractivity (Wildman–Crippen MR) is 69.7 cm³/mol. The van der Waals surface area contributed by atoms with Crippen LogP contribution < -0.4 is 21.1 Å². The van der Waals surface area contributed by atoms with Gasteiger partial charge in [0.25, 0.3) is 0 Å². The van der Waals surface area contributed by atoms with Crippen LogP contribution in [0.15, 0.2) is 0 Å². The Morgan fingerprint density at radius 3 is 1.06 bits per heavy atom. The van der Waals surface area contributed by atoms with E-state index in [1.807, 2.05) is 20.8 Å². The van der Waals surface area contributed by atoms with Crippen molar-refractivity contribution in [3.63, 3.8) is 0 Å². The second-order valence-electron chi connectivity index (χ2n) is 3.00. The van der Waals surface area contributed by atoms with Crippen LogP contribution in [0.5, 0.6) is 0 Å². The second-order valence-corrected chi connectivity index (χ2v) is 4.43. The van der Waals surface area contributed by atoms with E-state index in [4.69, 9.17) is 5.73 Å². The molecule has 0 bridgehead atoms. The fraction of sp³-hybridized carbons (Fsp3) is 1.00. The molecule has 17 heavy (non-hydrogen) atoms. The van der Waals surface area contributed by atoms with Gasteiger partial charge in [-0.25, -0.2) is 0 Å². The Bertz CT molecular complexity index is 61.3. The van der Waals surface area contributed by atoms with Gasteiger partial charge in [-0.3, -0.25) is 0 Å². The van der Waals surface area contributed by atoms with E-state index in [9.17, 15) is 15.3 Å². The normalized spacial score (nSPS) is 7.82. The van der Waals surface area contributed by atoms with E-state index >= 15 is 0 Å². The molecule has 5 heteroatoms. The Morgan fingerprint density at radius 1 is 0.824 bits per heavy atom. The van der Waals surface area contributed by atoms with Gasteiger partial charge in [0.05, 0.1) is 0 Å². The van der Waals surface area contributed by atoms with Crippen molar-refractivity contribution in [1.82, 2.24) is 0 Å². The molecule has 0 aromatic rings. The van der Waals surface area contributed by atoms with Crippen molar-refractivity contribution in [2.45, 2.75) is 50.9 Å². The maximum atomic E-state index is 9.30. The molecule has 4 nitrogen and oxygen atoms in total. The second kappa shape index (κ2) is 43.8. The quantitative estimate of drug-likeness (QED) is 0.654. The van der Waals surface area contributed by atoms with Crippen LogP contribution in [0.25, 0.3) is 0 Å². The van der Waals surface area contributed by atoms with Crippen molar-refractivity contribution in [1.29, 1.82) is 0 Å². The zero-order valence-electron chi connectivity index (χ0n) is 11.7. The summed E-state index contributed by atoms with van der Waals surface area (Å²) in [4.78, 5) is 0. The van der Waals surface area contributed by atoms with Crippen molar-refractivity contribution < 1.29 is 15.3 Å². The van der Waals surface area contributed by atoms with E-state index in [0.717, 1.165) is 25.8 Å². The molecule has 0 aliphatic carbocycles. The minimum absolute atomic E-state index is 0.0694. The number of nitrogens with two attached hydrogens (primary N) is 1. The fourth-order valence-electron chi connectivity index (χ4n) is 0.102. The van der Waals surface area contributed by atoms with Gasteiger partial charge >= 0.3 is 45.7 Å². The first-order valence-corrected chi connectivity index (χ1v) is 8.27. The summed E-state index contributed by atoms with van der Waals surface area (Å²) >= 11 is 1.60. The summed E-state index contributed by atoms with van der Waals surface area (Å²) in [6.07, 6.45) is 3.50. The molecular formula is C12H29NO3Sn. The molecule has 0 unspecified atom stereocenters. The summed E-state index contributed by atoms with van der Waals surface area (Å²) in [6.45, 7) is 6.68. The van der Waals surface area contributed by atoms with Crippen LogP contribution >= 0.6 is 0 Å². The van der Waals surface area contributed by atoms with Crippen molar-refractivity contribution in [2.75, 3.05) is 26.4 Å². The van der Waals surface area contributed by atoms with E-state index < -0.39 is 0 Å². The SMILES string of the molecule is CCC[O-].CCC[O-].CCC[O-].NCC[CH2][Sn+3]. The average Bonchev–Trinajstić information content (AvgIpc) is 2.40. The molecule has 0 rings (SSSR count). The Hall–Kier alpha value is 0.639. The first-order valence-electron chi connectivity index (χ1n) is 6.25. The van der Waals surface area contributed by atoms with E-state index in [1.165, 1.54) is 10.9 Å². The molecule has 0 aliphatic heterocycles. The summed E-state index contributed by atoms with van der Waals surface area (Å²) in [5.74, 6) is 0. The molecule has 0 fully saturated rings. The fourth-order valence-corrected chi connectivity index (χ4v) is 0.685. The summed E-state index contributed by atoms with van der Waals surface area (Å²) in [5, 5.41) is 27.9. The van der Waals surface area contributed by atoms with Crippen LogP contribution in [0.3, 0.4) is 0 Å². The third kappa shape index (κ3) is 112. The molecule has 0 saturated carbocycles. The summed E-state index contributed by atoms with van der Waals surface area (Å²) in [6, 6.07) is 0. The molecule has 0 atom stereocenters. The number of hydrogen-bond acceptors (Lipinski definition) is 4. The predicted octanol–water partition coefficient (Wildman–Crippen LogP) is -0.808. The van der Waals surface area contributed by atoms with Gasteiger partial charge < -0.3 is 15.3 Å². The molecule has 0 aliphatic rings. The molecular weight excluding hydrogens is 325 g/mol. The zero-order chi connectivity index (χ0) is 14.4. The van der Waals surface area contributed by atoms with E-state index in [1.54, 1.807) is 22.5 Å². The summed E-state index contributed by atoms with van der Waals surface area (Å²) in [5.41, 5.74) is 5.15. The monoisotopic (exact) mass is 355 g/mol. The molecule has 0 aromatic heterocycles. The van der Waals surface area contributed by atoms with Gasteiger partial charge in [0.2, 0.25) is 0 Å². The Balaban J connectivity index is -0.0000000667. The third-order valence-corrected chi connectivity index (χ3v) is 2.00. The molecule has 0 amide bonds. The van der Waals surface area contributed by atoms with Crippen LogP contribution in [0.2, 0.25) is 4.44 Å². The van der Waals surface area contributed by atoms with Crippen molar-refractivity contribution in [3.05, 3.63) is 0 Å². The van der Waals surface area contributed by atoms with Gasteiger partial charge in [-0.2, -0.15) is 0 Å². The molecule has 0 radical (unpaired) electrons. The van der Waals surface area contributed by atoms with Gasteiger partial charge in [0.15, 0.2) is 0 Å². The standard InChI is InChI=1S/C3H8N.3C3H7O.Sn/c4*1-2-3-4;/h1-4H2;3*2-3H2,1H3;/q;3*-1;+3. The molecule has 0 aromatic carbocycles. The summed E-state index contributed by atoms with van der Waals surface area (Å²) < 4.78 is 1.31. The molecule has 104 valence electrons. The Kier molecular flexibility index (Phi) is 67.6. The van der Waals surface area contributed by atoms with Gasteiger partial charge in [0, 0.05) is 0 Å². The third-order valence-electron chi connectivity index (χ3n) is 0.993. The molecule has 0 saturated heterocycles. The van der Waals surface area contributed by atoms with Crippen molar-refractivity contribution in [3.8, 4) is 0 Å². The van der Waals surface area contributed by atoms with Crippen LogP contribution in [-0.2, 0) is 0 Å². The van der Waals surface area contributed by atoms with Crippen LogP contribution in [0.1, 0.15) is 46.5 Å². The first kappa shape index (κ1) is 26.3. The van der Waals surface area contributed by atoms with Crippen LogP contribution in [0.4, 0.5) is 0 Å². The molecule has 2 N–H and O–H groups in total. The van der Waals surface area contributed by atoms with Gasteiger partial charge in [0.1, 0.15) is 0 Å². The first-order chi connectivity index (χ1) is 8.16. The molecule has 0 spiro atoms. The van der Waals surface area contributed by atoms with Crippen molar-refractivity contribution in [2.24, 2.45) is 5.73 Å². The topological polar surface area (TPSA) is 95.2 Å². The number of hydrogen-bond donors (Lipinski definition) is 1. The Morgan fingerprint density at radius 2 is 1.06 bits per heavy atom. The van der Waals surface area contributed by atoms with Gasteiger partial charge in [-0.1, -0.05) is 40.0 Å². The van der Waals surface area contributed by atoms with Gasteiger partial charge in [-0.15, -0.1) is 19.8 Å². The Labute approximate surface area is 121 Å². The maximum absolute atomic E-state index is 9.30. The van der Waals surface area contributed by atoms with E-state index in [0.29, 0.717) is 0 Å². The van der Waals surface area contributed by atoms with Crippen LogP contribution in [-0.4, -0.2) is 48.9 Å². The van der Waals surface area contributed by atoms with E-state index in [2.05, 4.69) is 0 Å².